The second-order valence-corrected chi connectivity index (χ2v) is 5.53. The number of nitrogens with zero attached hydrogens (tertiary/aromatic N) is 2. The number of hydrogen-bond donors (Lipinski definition) is 1. The van der Waals surface area contributed by atoms with Crippen LogP contribution in [0.1, 0.15) is 41.7 Å². The topological polar surface area (TPSA) is 59.2 Å². The summed E-state index contributed by atoms with van der Waals surface area (Å²) < 4.78 is 0. The summed E-state index contributed by atoms with van der Waals surface area (Å²) in [5.41, 5.74) is 7.02. The quantitative estimate of drug-likeness (QED) is 0.856. The summed E-state index contributed by atoms with van der Waals surface area (Å²) in [5.74, 6) is -0.0576. The molecule has 1 aliphatic rings. The van der Waals surface area contributed by atoms with Crippen LogP contribution in [0, 0.1) is 6.92 Å². The molecule has 4 nitrogen and oxygen atoms in total. The number of aryl methyl sites for hydroxylation is 1. The van der Waals surface area contributed by atoms with Crippen LogP contribution >= 0.6 is 12.2 Å². The van der Waals surface area contributed by atoms with Gasteiger partial charge in [0.1, 0.15) is 5.69 Å². The van der Waals surface area contributed by atoms with Crippen molar-refractivity contribution >= 4 is 23.1 Å². The number of thiocarbonyl (C=S) groups is 1. The van der Waals surface area contributed by atoms with E-state index in [0.29, 0.717) is 17.2 Å². The van der Waals surface area contributed by atoms with Crippen LogP contribution in [0.3, 0.4) is 0 Å². The third-order valence-electron chi connectivity index (χ3n) is 3.56. The minimum atomic E-state index is -0.0576. The van der Waals surface area contributed by atoms with Crippen molar-refractivity contribution in [3.05, 3.63) is 29.6 Å². The lowest BCUT2D eigenvalue weighted by Crippen LogP contribution is -2.44. The molecule has 1 heterocycles. The molecule has 0 aromatic carbocycles. The van der Waals surface area contributed by atoms with Crippen molar-refractivity contribution < 1.29 is 4.79 Å². The van der Waals surface area contributed by atoms with Crippen LogP contribution in [0.5, 0.6) is 0 Å². The first kappa shape index (κ1) is 13.9. The fourth-order valence-electron chi connectivity index (χ4n) is 2.60. The summed E-state index contributed by atoms with van der Waals surface area (Å²) in [6, 6.07) is 3.98. The lowest BCUT2D eigenvalue weighted by molar-refractivity contribution is 0.0708. The Kier molecular flexibility index (Phi) is 4.47. The van der Waals surface area contributed by atoms with Gasteiger partial charge in [0, 0.05) is 12.2 Å². The summed E-state index contributed by atoms with van der Waals surface area (Å²) in [4.78, 5) is 19.0. The molecule has 1 saturated carbocycles. The standard InChI is InChI=1S/C14H19N3OS/c1-10-5-4-8-16-13(10)14(18)17(9-12(15)19)11-6-2-3-7-11/h4-5,8,11H,2-3,6-7,9H2,1H3,(H2,15,19). The van der Waals surface area contributed by atoms with Gasteiger partial charge in [0.05, 0.1) is 11.5 Å². The number of pyridine rings is 1. The molecule has 1 fully saturated rings. The average Bonchev–Trinajstić information content (AvgIpc) is 2.89. The molecular weight excluding hydrogens is 258 g/mol. The molecule has 1 amide bonds. The highest BCUT2D eigenvalue weighted by Gasteiger charge is 2.29. The Morgan fingerprint density at radius 2 is 2.21 bits per heavy atom. The van der Waals surface area contributed by atoms with Gasteiger partial charge in [-0.3, -0.25) is 9.78 Å². The van der Waals surface area contributed by atoms with Crippen LogP contribution in [-0.4, -0.2) is 33.4 Å². The summed E-state index contributed by atoms with van der Waals surface area (Å²) in [6.45, 7) is 2.24. The van der Waals surface area contributed by atoms with Gasteiger partial charge < -0.3 is 10.6 Å². The van der Waals surface area contributed by atoms with Crippen molar-refractivity contribution in [2.24, 2.45) is 5.73 Å². The maximum absolute atomic E-state index is 12.6. The van der Waals surface area contributed by atoms with Crippen LogP contribution in [0.4, 0.5) is 0 Å². The van der Waals surface area contributed by atoms with Crippen molar-refractivity contribution in [1.82, 2.24) is 9.88 Å². The second-order valence-electron chi connectivity index (χ2n) is 5.01. The predicted molar refractivity (Wildman–Crippen MR) is 79.1 cm³/mol. The Labute approximate surface area is 119 Å². The van der Waals surface area contributed by atoms with Gasteiger partial charge in [-0.15, -0.1) is 0 Å². The molecule has 0 unspecified atom stereocenters. The van der Waals surface area contributed by atoms with E-state index < -0.39 is 0 Å². The van der Waals surface area contributed by atoms with Crippen LogP contribution < -0.4 is 5.73 Å². The minimum absolute atomic E-state index is 0.0576. The summed E-state index contributed by atoms with van der Waals surface area (Å²) >= 11 is 4.97. The van der Waals surface area contributed by atoms with E-state index in [1.165, 1.54) is 0 Å². The smallest absolute Gasteiger partial charge is 0.273 e. The minimum Gasteiger partial charge on any atom is -0.392 e. The Morgan fingerprint density at radius 3 is 2.79 bits per heavy atom. The number of aromatic nitrogens is 1. The van der Waals surface area contributed by atoms with Crippen molar-refractivity contribution in [2.45, 2.75) is 38.6 Å². The second kappa shape index (κ2) is 6.10. The molecule has 1 aromatic rings. The molecule has 0 saturated heterocycles. The lowest BCUT2D eigenvalue weighted by atomic mass is 10.1. The Hall–Kier alpha value is -1.49. The Balaban J connectivity index is 2.24. The van der Waals surface area contributed by atoms with Crippen LogP contribution in [-0.2, 0) is 0 Å². The van der Waals surface area contributed by atoms with Gasteiger partial charge in [-0.1, -0.05) is 31.1 Å². The molecule has 2 N–H and O–H groups in total. The van der Waals surface area contributed by atoms with Gasteiger partial charge in [-0.25, -0.2) is 0 Å². The van der Waals surface area contributed by atoms with E-state index in [1.54, 1.807) is 11.1 Å². The van der Waals surface area contributed by atoms with Crippen molar-refractivity contribution in [1.29, 1.82) is 0 Å². The van der Waals surface area contributed by atoms with Gasteiger partial charge in [-0.05, 0) is 31.4 Å². The molecule has 0 radical (unpaired) electrons. The largest absolute Gasteiger partial charge is 0.392 e. The molecular formula is C14H19N3OS. The highest BCUT2D eigenvalue weighted by molar-refractivity contribution is 7.80. The zero-order valence-corrected chi connectivity index (χ0v) is 11.9. The molecule has 5 heteroatoms. The van der Waals surface area contributed by atoms with E-state index in [1.807, 2.05) is 19.1 Å². The number of carbonyl (C=O) groups is 1. The lowest BCUT2D eigenvalue weighted by Gasteiger charge is -2.28. The first-order valence-electron chi connectivity index (χ1n) is 6.60. The molecule has 1 aromatic heterocycles. The number of hydrogen-bond acceptors (Lipinski definition) is 3. The number of carbonyl (C=O) groups excluding carboxylic acids is 1. The molecule has 0 aliphatic heterocycles. The molecule has 102 valence electrons. The van der Waals surface area contributed by atoms with Gasteiger partial charge in [0.25, 0.3) is 5.91 Å². The Bertz CT molecular complexity index is 483. The number of nitrogens with two attached hydrogens (primary N) is 1. The van der Waals surface area contributed by atoms with Crippen LogP contribution in [0.2, 0.25) is 0 Å². The van der Waals surface area contributed by atoms with Gasteiger partial charge >= 0.3 is 0 Å². The fourth-order valence-corrected chi connectivity index (χ4v) is 2.74. The van der Waals surface area contributed by atoms with E-state index in [9.17, 15) is 4.79 Å². The molecule has 19 heavy (non-hydrogen) atoms. The van der Waals surface area contributed by atoms with E-state index in [0.717, 1.165) is 31.2 Å². The van der Waals surface area contributed by atoms with E-state index in [4.69, 9.17) is 18.0 Å². The maximum atomic E-state index is 12.6. The van der Waals surface area contributed by atoms with Crippen molar-refractivity contribution in [3.63, 3.8) is 0 Å². The maximum Gasteiger partial charge on any atom is 0.273 e. The first-order chi connectivity index (χ1) is 9.09. The van der Waals surface area contributed by atoms with E-state index in [2.05, 4.69) is 4.98 Å². The third kappa shape index (κ3) is 3.29. The molecule has 0 bridgehead atoms. The van der Waals surface area contributed by atoms with E-state index >= 15 is 0 Å². The van der Waals surface area contributed by atoms with Crippen LogP contribution in [0.15, 0.2) is 18.3 Å². The Morgan fingerprint density at radius 1 is 1.53 bits per heavy atom. The molecule has 0 spiro atoms. The SMILES string of the molecule is Cc1cccnc1C(=O)N(CC(N)=S)C1CCCC1. The third-order valence-corrected chi connectivity index (χ3v) is 3.69. The van der Waals surface area contributed by atoms with Crippen LogP contribution in [0.25, 0.3) is 0 Å². The molecule has 2 rings (SSSR count). The van der Waals surface area contributed by atoms with Gasteiger partial charge in [0.2, 0.25) is 0 Å². The number of rotatable bonds is 4. The van der Waals surface area contributed by atoms with Gasteiger partial charge in [-0.2, -0.15) is 0 Å². The highest BCUT2D eigenvalue weighted by atomic mass is 32.1. The summed E-state index contributed by atoms with van der Waals surface area (Å²) in [5, 5.41) is 0. The van der Waals surface area contributed by atoms with Crippen molar-refractivity contribution in [3.8, 4) is 0 Å². The molecule has 0 atom stereocenters. The molecule has 1 aliphatic carbocycles. The highest BCUT2D eigenvalue weighted by Crippen LogP contribution is 2.25. The first-order valence-corrected chi connectivity index (χ1v) is 7.01. The predicted octanol–water partition coefficient (Wildman–Crippen LogP) is 2.06. The summed E-state index contributed by atoms with van der Waals surface area (Å²) in [6.07, 6.45) is 6.02. The zero-order valence-electron chi connectivity index (χ0n) is 11.1. The fraction of sp³-hybridized carbons (Fsp3) is 0.500. The van der Waals surface area contributed by atoms with E-state index in [-0.39, 0.29) is 11.9 Å². The average molecular weight is 277 g/mol. The summed E-state index contributed by atoms with van der Waals surface area (Å²) in [7, 11) is 0. The number of amides is 1. The van der Waals surface area contributed by atoms with Gasteiger partial charge in [0.15, 0.2) is 0 Å². The normalized spacial score (nSPS) is 15.4. The monoisotopic (exact) mass is 277 g/mol. The zero-order chi connectivity index (χ0) is 13.8. The van der Waals surface area contributed by atoms with Crippen molar-refractivity contribution in [2.75, 3.05) is 6.54 Å².